The lowest BCUT2D eigenvalue weighted by Crippen LogP contribution is -2.22. The largest absolute Gasteiger partial charge is 0.369 e. The van der Waals surface area contributed by atoms with E-state index in [1.165, 1.54) is 0 Å². The Morgan fingerprint density at radius 2 is 2.11 bits per heavy atom. The highest BCUT2D eigenvalue weighted by molar-refractivity contribution is 6.20. The Balaban J connectivity index is 3.50. The maximum atomic E-state index is 10.4. The topological polar surface area (TPSA) is 43.1 Å². The second kappa shape index (κ2) is 3.72. The Hall–Kier alpha value is -0.240. The fourth-order valence-corrected chi connectivity index (χ4v) is 0.871. The number of rotatable bonds is 3. The summed E-state index contributed by atoms with van der Waals surface area (Å²) in [6.45, 7) is 3.63. The minimum Gasteiger partial charge on any atom is -0.369 e. The Kier molecular flexibility index (Phi) is 3.62. The molecule has 0 spiro atoms. The lowest BCUT2D eigenvalue weighted by atomic mass is 10.1. The molecule has 2 atom stereocenters. The minimum atomic E-state index is -0.275. The highest BCUT2D eigenvalue weighted by Crippen LogP contribution is 2.09. The second-order valence-electron chi connectivity index (χ2n) is 2.32. The van der Waals surface area contributed by atoms with Crippen molar-refractivity contribution < 1.29 is 4.79 Å². The van der Waals surface area contributed by atoms with Gasteiger partial charge in [0.25, 0.3) is 0 Å². The number of halogens is 1. The zero-order valence-corrected chi connectivity index (χ0v) is 6.48. The molecular weight excluding hydrogens is 138 g/mol. The van der Waals surface area contributed by atoms with Crippen LogP contribution in [0.15, 0.2) is 0 Å². The van der Waals surface area contributed by atoms with Gasteiger partial charge in [0.05, 0.1) is 0 Å². The quantitative estimate of drug-likeness (QED) is 0.601. The molecule has 0 aliphatic carbocycles. The van der Waals surface area contributed by atoms with E-state index in [4.69, 9.17) is 17.3 Å². The molecular formula is C6H12ClNO. The molecule has 0 aliphatic heterocycles. The molecule has 1 amide bonds. The first-order valence-electron chi connectivity index (χ1n) is 2.97. The average molecular weight is 150 g/mol. The number of amides is 1. The number of nitrogens with two attached hydrogens (primary N) is 1. The Bertz CT molecular complexity index is 103. The molecule has 0 radical (unpaired) electrons. The fraction of sp³-hybridized carbons (Fsp3) is 0.833. The van der Waals surface area contributed by atoms with Crippen molar-refractivity contribution in [2.75, 3.05) is 0 Å². The molecule has 0 heterocycles. The molecule has 0 aromatic rings. The third kappa shape index (κ3) is 4.28. The standard InChI is InChI=1S/C6H12ClNO/c1-4(6(8)9)3-5(2)7/h4-5H,3H2,1-2H3,(H2,8,9). The van der Waals surface area contributed by atoms with Gasteiger partial charge in [-0.15, -0.1) is 11.6 Å². The van der Waals surface area contributed by atoms with Crippen LogP contribution in [0.1, 0.15) is 20.3 Å². The van der Waals surface area contributed by atoms with Gasteiger partial charge in [-0.1, -0.05) is 6.92 Å². The van der Waals surface area contributed by atoms with Crippen molar-refractivity contribution >= 4 is 17.5 Å². The highest BCUT2D eigenvalue weighted by atomic mass is 35.5. The van der Waals surface area contributed by atoms with Gasteiger partial charge in [-0.3, -0.25) is 4.79 Å². The van der Waals surface area contributed by atoms with E-state index in [2.05, 4.69) is 0 Å². The number of hydrogen-bond donors (Lipinski definition) is 1. The lowest BCUT2D eigenvalue weighted by Gasteiger charge is -2.06. The van der Waals surface area contributed by atoms with Crippen LogP contribution in [0.25, 0.3) is 0 Å². The van der Waals surface area contributed by atoms with Crippen LogP contribution in [0.4, 0.5) is 0 Å². The van der Waals surface area contributed by atoms with Gasteiger partial charge in [0.1, 0.15) is 0 Å². The molecule has 0 aromatic carbocycles. The molecule has 2 N–H and O–H groups in total. The normalized spacial score (nSPS) is 16.8. The van der Waals surface area contributed by atoms with E-state index in [-0.39, 0.29) is 17.2 Å². The molecule has 0 aromatic heterocycles. The zero-order valence-electron chi connectivity index (χ0n) is 5.73. The summed E-state index contributed by atoms with van der Waals surface area (Å²) in [5.74, 6) is -0.375. The van der Waals surface area contributed by atoms with Crippen LogP contribution in [0.2, 0.25) is 0 Å². The van der Waals surface area contributed by atoms with E-state index >= 15 is 0 Å². The highest BCUT2D eigenvalue weighted by Gasteiger charge is 2.10. The van der Waals surface area contributed by atoms with Crippen LogP contribution in [-0.4, -0.2) is 11.3 Å². The third-order valence-electron chi connectivity index (χ3n) is 1.16. The van der Waals surface area contributed by atoms with Crippen molar-refractivity contribution in [2.45, 2.75) is 25.6 Å². The molecule has 3 heteroatoms. The molecule has 0 saturated heterocycles. The second-order valence-corrected chi connectivity index (χ2v) is 3.06. The number of alkyl halides is 1. The summed E-state index contributed by atoms with van der Waals surface area (Å²) in [5.41, 5.74) is 4.99. The summed E-state index contributed by atoms with van der Waals surface area (Å²) in [6.07, 6.45) is 0.664. The monoisotopic (exact) mass is 149 g/mol. The summed E-state index contributed by atoms with van der Waals surface area (Å²) >= 11 is 5.61. The fourth-order valence-electron chi connectivity index (χ4n) is 0.603. The minimum absolute atomic E-state index is 0.0347. The molecule has 0 fully saturated rings. The molecule has 54 valence electrons. The molecule has 0 rings (SSSR count). The number of primary amides is 1. The Morgan fingerprint density at radius 3 is 2.22 bits per heavy atom. The first-order valence-corrected chi connectivity index (χ1v) is 3.41. The average Bonchev–Trinajstić information content (AvgIpc) is 1.63. The van der Waals surface area contributed by atoms with Gasteiger partial charge in [0.2, 0.25) is 5.91 Å². The van der Waals surface area contributed by atoms with Crippen LogP contribution >= 0.6 is 11.6 Å². The number of carbonyl (C=O) groups excluding carboxylic acids is 1. The van der Waals surface area contributed by atoms with Crippen LogP contribution in [-0.2, 0) is 4.79 Å². The molecule has 2 unspecified atom stereocenters. The smallest absolute Gasteiger partial charge is 0.220 e. The summed E-state index contributed by atoms with van der Waals surface area (Å²) in [7, 11) is 0. The van der Waals surface area contributed by atoms with Gasteiger partial charge in [-0.2, -0.15) is 0 Å². The van der Waals surface area contributed by atoms with E-state index in [9.17, 15) is 4.79 Å². The van der Waals surface area contributed by atoms with E-state index in [0.29, 0.717) is 6.42 Å². The van der Waals surface area contributed by atoms with Crippen molar-refractivity contribution in [2.24, 2.45) is 11.7 Å². The first-order chi connectivity index (χ1) is 4.04. The van der Waals surface area contributed by atoms with Crippen molar-refractivity contribution in [3.63, 3.8) is 0 Å². The Labute approximate surface area is 60.4 Å². The van der Waals surface area contributed by atoms with Crippen molar-refractivity contribution in [1.82, 2.24) is 0 Å². The van der Waals surface area contributed by atoms with Gasteiger partial charge in [0, 0.05) is 11.3 Å². The summed E-state index contributed by atoms with van der Waals surface area (Å²) in [4.78, 5) is 10.4. The zero-order chi connectivity index (χ0) is 7.44. The van der Waals surface area contributed by atoms with Gasteiger partial charge < -0.3 is 5.73 Å². The van der Waals surface area contributed by atoms with Crippen LogP contribution in [0.3, 0.4) is 0 Å². The SMILES string of the molecule is CC(Cl)CC(C)C(N)=O. The molecule has 2 nitrogen and oxygen atoms in total. The van der Waals surface area contributed by atoms with Gasteiger partial charge in [-0.25, -0.2) is 0 Å². The van der Waals surface area contributed by atoms with Crippen LogP contribution in [0, 0.1) is 5.92 Å². The maximum absolute atomic E-state index is 10.4. The van der Waals surface area contributed by atoms with Crippen molar-refractivity contribution in [3.8, 4) is 0 Å². The maximum Gasteiger partial charge on any atom is 0.220 e. The predicted molar refractivity (Wildman–Crippen MR) is 38.3 cm³/mol. The number of carbonyl (C=O) groups is 1. The van der Waals surface area contributed by atoms with Crippen LogP contribution < -0.4 is 5.73 Å². The molecule has 0 aliphatic rings. The molecule has 9 heavy (non-hydrogen) atoms. The van der Waals surface area contributed by atoms with Gasteiger partial charge in [0.15, 0.2) is 0 Å². The molecule has 0 bridgehead atoms. The van der Waals surface area contributed by atoms with Crippen LogP contribution in [0.5, 0.6) is 0 Å². The summed E-state index contributed by atoms with van der Waals surface area (Å²) < 4.78 is 0. The number of hydrogen-bond acceptors (Lipinski definition) is 1. The summed E-state index contributed by atoms with van der Waals surface area (Å²) in [6, 6.07) is 0. The predicted octanol–water partition coefficient (Wildman–Crippen LogP) is 1.13. The molecule has 0 saturated carbocycles. The van der Waals surface area contributed by atoms with E-state index in [1.54, 1.807) is 6.92 Å². The van der Waals surface area contributed by atoms with E-state index in [1.807, 2.05) is 6.92 Å². The van der Waals surface area contributed by atoms with Gasteiger partial charge >= 0.3 is 0 Å². The first kappa shape index (κ1) is 8.76. The van der Waals surface area contributed by atoms with Crippen molar-refractivity contribution in [3.05, 3.63) is 0 Å². The summed E-state index contributed by atoms with van der Waals surface area (Å²) in [5, 5.41) is 0.0347. The van der Waals surface area contributed by atoms with E-state index < -0.39 is 0 Å². The van der Waals surface area contributed by atoms with E-state index in [0.717, 1.165) is 0 Å². The van der Waals surface area contributed by atoms with Gasteiger partial charge in [-0.05, 0) is 13.3 Å². The third-order valence-corrected chi connectivity index (χ3v) is 1.34. The Morgan fingerprint density at radius 1 is 1.67 bits per heavy atom. The van der Waals surface area contributed by atoms with Crippen molar-refractivity contribution in [1.29, 1.82) is 0 Å². The lowest BCUT2D eigenvalue weighted by molar-refractivity contribution is -0.121.